The second-order valence-corrected chi connectivity index (χ2v) is 9.61. The highest BCUT2D eigenvalue weighted by Crippen LogP contribution is 2.32. The largest absolute Gasteiger partial charge is 0.349 e. The number of rotatable bonds is 7. The summed E-state index contributed by atoms with van der Waals surface area (Å²) in [6.07, 6.45) is -0.151. The van der Waals surface area contributed by atoms with Gasteiger partial charge in [-0.2, -0.15) is 4.68 Å². The van der Waals surface area contributed by atoms with Gasteiger partial charge in [-0.05, 0) is 35.9 Å². The molecule has 1 aromatic heterocycles. The van der Waals surface area contributed by atoms with Crippen LogP contribution in [0.15, 0.2) is 35.5 Å². The van der Waals surface area contributed by atoms with Crippen LogP contribution < -0.4 is 0 Å². The van der Waals surface area contributed by atoms with Gasteiger partial charge in [0.15, 0.2) is 5.79 Å². The van der Waals surface area contributed by atoms with Gasteiger partial charge in [0.2, 0.25) is 15.7 Å². The van der Waals surface area contributed by atoms with Crippen molar-refractivity contribution in [1.29, 1.82) is 0 Å². The summed E-state index contributed by atoms with van der Waals surface area (Å²) in [6.45, 7) is 3.64. The SMILES string of the molecule is CCC1(C)OC(CC(=O)N(C)C)CC(CS(=O)(=O)c2nnnn2-c2ccccc2)O1. The zero-order valence-corrected chi connectivity index (χ0v) is 18.4. The van der Waals surface area contributed by atoms with Gasteiger partial charge in [-0.3, -0.25) is 4.79 Å². The third-order valence-corrected chi connectivity index (χ3v) is 6.65. The summed E-state index contributed by atoms with van der Waals surface area (Å²) >= 11 is 0. The Morgan fingerprint density at radius 3 is 2.53 bits per heavy atom. The molecule has 0 radical (unpaired) electrons. The van der Waals surface area contributed by atoms with Crippen molar-refractivity contribution in [3.63, 3.8) is 0 Å². The highest BCUT2D eigenvalue weighted by atomic mass is 32.2. The van der Waals surface area contributed by atoms with Crippen molar-refractivity contribution in [3.8, 4) is 5.69 Å². The third-order valence-electron chi connectivity index (χ3n) is 5.03. The van der Waals surface area contributed by atoms with E-state index in [2.05, 4.69) is 15.5 Å². The molecule has 3 atom stereocenters. The topological polar surface area (TPSA) is 117 Å². The highest BCUT2D eigenvalue weighted by Gasteiger charge is 2.41. The summed E-state index contributed by atoms with van der Waals surface area (Å²) in [6, 6.07) is 8.80. The first-order chi connectivity index (χ1) is 14.1. The number of nitrogens with zero attached hydrogens (tertiary/aromatic N) is 5. The second kappa shape index (κ2) is 8.78. The van der Waals surface area contributed by atoms with Crippen LogP contribution >= 0.6 is 0 Å². The van der Waals surface area contributed by atoms with Crippen molar-refractivity contribution < 1.29 is 22.7 Å². The number of carbonyl (C=O) groups excluding carboxylic acids is 1. The quantitative estimate of drug-likeness (QED) is 0.635. The van der Waals surface area contributed by atoms with Gasteiger partial charge < -0.3 is 14.4 Å². The predicted molar refractivity (Wildman–Crippen MR) is 108 cm³/mol. The molecule has 1 fully saturated rings. The Kier molecular flexibility index (Phi) is 6.53. The Morgan fingerprint density at radius 2 is 1.90 bits per heavy atom. The molecule has 2 aromatic rings. The maximum atomic E-state index is 13.1. The lowest BCUT2D eigenvalue weighted by Crippen LogP contribution is -2.49. The molecule has 0 saturated carbocycles. The van der Waals surface area contributed by atoms with Gasteiger partial charge in [-0.25, -0.2) is 8.42 Å². The van der Waals surface area contributed by atoms with E-state index in [1.807, 2.05) is 13.0 Å². The summed E-state index contributed by atoms with van der Waals surface area (Å²) in [5.41, 5.74) is 0.543. The number of carbonyl (C=O) groups is 1. The molecule has 2 heterocycles. The lowest BCUT2D eigenvalue weighted by Gasteiger charge is -2.42. The van der Waals surface area contributed by atoms with Crippen LogP contribution in [0, 0.1) is 0 Å². The van der Waals surface area contributed by atoms with E-state index >= 15 is 0 Å². The molecule has 1 aliphatic heterocycles. The van der Waals surface area contributed by atoms with E-state index in [1.165, 1.54) is 9.58 Å². The number of ether oxygens (including phenoxy) is 2. The Hall–Kier alpha value is -2.37. The lowest BCUT2D eigenvalue weighted by atomic mass is 10.0. The summed E-state index contributed by atoms with van der Waals surface area (Å²) in [7, 11) is -0.526. The van der Waals surface area contributed by atoms with Crippen molar-refractivity contribution in [2.75, 3.05) is 19.8 Å². The first-order valence-corrected chi connectivity index (χ1v) is 11.4. The van der Waals surface area contributed by atoms with Crippen LogP contribution in [0.4, 0.5) is 0 Å². The zero-order chi connectivity index (χ0) is 21.9. The number of hydrogen-bond donors (Lipinski definition) is 0. The molecule has 30 heavy (non-hydrogen) atoms. The monoisotopic (exact) mass is 437 g/mol. The fraction of sp³-hybridized carbons (Fsp3) is 0.579. The van der Waals surface area contributed by atoms with Crippen molar-refractivity contribution in [2.24, 2.45) is 0 Å². The number of aromatic nitrogens is 4. The molecular formula is C19H27N5O5S. The van der Waals surface area contributed by atoms with Crippen LogP contribution in [0.1, 0.15) is 33.1 Å². The molecule has 1 aliphatic rings. The summed E-state index contributed by atoms with van der Waals surface area (Å²) in [4.78, 5) is 13.6. The van der Waals surface area contributed by atoms with Crippen LogP contribution in [0.5, 0.6) is 0 Å². The van der Waals surface area contributed by atoms with Gasteiger partial charge in [0.05, 0.1) is 30.1 Å². The Balaban J connectivity index is 1.82. The number of tetrazole rings is 1. The number of sulfone groups is 1. The normalized spacial score (nSPS) is 24.5. The van der Waals surface area contributed by atoms with E-state index in [0.717, 1.165) is 0 Å². The average molecular weight is 438 g/mol. The van der Waals surface area contributed by atoms with Gasteiger partial charge in [-0.15, -0.1) is 0 Å². The van der Waals surface area contributed by atoms with E-state index in [0.29, 0.717) is 12.1 Å². The lowest BCUT2D eigenvalue weighted by molar-refractivity contribution is -0.305. The van der Waals surface area contributed by atoms with Gasteiger partial charge in [0.25, 0.3) is 5.16 Å². The van der Waals surface area contributed by atoms with Gasteiger partial charge in [-0.1, -0.05) is 30.2 Å². The molecule has 3 rings (SSSR count). The number of hydrogen-bond acceptors (Lipinski definition) is 8. The minimum Gasteiger partial charge on any atom is -0.349 e. The predicted octanol–water partition coefficient (Wildman–Crippen LogP) is 1.21. The Labute approximate surface area is 176 Å². The van der Waals surface area contributed by atoms with E-state index in [4.69, 9.17) is 9.47 Å². The Morgan fingerprint density at radius 1 is 1.23 bits per heavy atom. The van der Waals surface area contributed by atoms with E-state index in [1.54, 1.807) is 45.3 Å². The van der Waals surface area contributed by atoms with Crippen LogP contribution in [-0.2, 0) is 24.1 Å². The molecule has 11 heteroatoms. The standard InChI is InChI=1S/C19H27N5O5S/c1-5-19(2)28-15(12-17(25)23(3)4)11-16(29-19)13-30(26,27)18-20-21-22-24(18)14-9-7-6-8-10-14/h6-10,15-16H,5,11-13H2,1-4H3. The number of benzene rings is 1. The molecule has 1 saturated heterocycles. The van der Waals surface area contributed by atoms with Crippen molar-refractivity contribution in [2.45, 2.75) is 56.3 Å². The molecule has 3 unspecified atom stereocenters. The molecule has 0 bridgehead atoms. The number of para-hydroxylation sites is 1. The summed E-state index contributed by atoms with van der Waals surface area (Å²) < 4.78 is 39.4. The van der Waals surface area contributed by atoms with Crippen LogP contribution in [0.25, 0.3) is 5.69 Å². The fourth-order valence-corrected chi connectivity index (χ4v) is 4.73. The van der Waals surface area contributed by atoms with Crippen LogP contribution in [0.2, 0.25) is 0 Å². The van der Waals surface area contributed by atoms with E-state index in [9.17, 15) is 13.2 Å². The van der Waals surface area contributed by atoms with Gasteiger partial charge in [0, 0.05) is 20.5 Å². The van der Waals surface area contributed by atoms with Crippen molar-refractivity contribution in [1.82, 2.24) is 25.1 Å². The molecule has 164 valence electrons. The third kappa shape index (κ3) is 5.02. The summed E-state index contributed by atoms with van der Waals surface area (Å²) in [5.74, 6) is -1.37. The zero-order valence-electron chi connectivity index (χ0n) is 17.6. The first-order valence-electron chi connectivity index (χ1n) is 9.76. The average Bonchev–Trinajstić information content (AvgIpc) is 3.19. The minimum atomic E-state index is -3.87. The second-order valence-electron chi connectivity index (χ2n) is 7.69. The molecule has 0 aliphatic carbocycles. The van der Waals surface area contributed by atoms with E-state index < -0.39 is 27.8 Å². The fourth-order valence-electron chi connectivity index (χ4n) is 3.32. The van der Waals surface area contributed by atoms with Crippen LogP contribution in [-0.4, -0.2) is 77.3 Å². The molecule has 1 amide bonds. The summed E-state index contributed by atoms with van der Waals surface area (Å²) in [5, 5.41) is 10.9. The molecule has 1 aromatic carbocycles. The molecule has 10 nitrogen and oxygen atoms in total. The van der Waals surface area contributed by atoms with Crippen molar-refractivity contribution >= 4 is 15.7 Å². The Bertz CT molecular complexity index is 978. The first kappa shape index (κ1) is 22.3. The number of amides is 1. The van der Waals surface area contributed by atoms with Crippen LogP contribution in [0.3, 0.4) is 0 Å². The highest BCUT2D eigenvalue weighted by molar-refractivity contribution is 7.91. The molecule has 0 N–H and O–H groups in total. The van der Waals surface area contributed by atoms with Crippen molar-refractivity contribution in [3.05, 3.63) is 30.3 Å². The molecule has 0 spiro atoms. The van der Waals surface area contributed by atoms with Gasteiger partial charge >= 0.3 is 0 Å². The van der Waals surface area contributed by atoms with E-state index in [-0.39, 0.29) is 29.7 Å². The maximum absolute atomic E-state index is 13.1. The smallest absolute Gasteiger partial charge is 0.272 e. The van der Waals surface area contributed by atoms with Gasteiger partial charge in [0.1, 0.15) is 0 Å². The maximum Gasteiger partial charge on any atom is 0.272 e. The molecular weight excluding hydrogens is 410 g/mol. The minimum absolute atomic E-state index is 0.0880.